The first-order valence-corrected chi connectivity index (χ1v) is 6.46. The van der Waals surface area contributed by atoms with Gasteiger partial charge in [0.2, 0.25) is 0 Å². The van der Waals surface area contributed by atoms with E-state index >= 15 is 0 Å². The lowest BCUT2D eigenvalue weighted by molar-refractivity contribution is -0.134. The third-order valence-electron chi connectivity index (χ3n) is 3.81. The summed E-state index contributed by atoms with van der Waals surface area (Å²) in [6.45, 7) is 2.07. The molecule has 2 heteroatoms. The van der Waals surface area contributed by atoms with E-state index in [1.165, 1.54) is 25.7 Å². The second-order valence-corrected chi connectivity index (χ2v) is 5.10. The summed E-state index contributed by atoms with van der Waals surface area (Å²) in [5, 5.41) is 0. The molecule has 2 unspecified atom stereocenters. The van der Waals surface area contributed by atoms with Crippen LogP contribution in [0.1, 0.15) is 58.3 Å². The molecule has 2 rings (SSSR count). The van der Waals surface area contributed by atoms with Gasteiger partial charge in [-0.25, -0.2) is 0 Å². The molecule has 2 nitrogen and oxygen atoms in total. The quantitative estimate of drug-likeness (QED) is 0.655. The first kappa shape index (κ1) is 11.1. The molecule has 15 heavy (non-hydrogen) atoms. The molecule has 2 fully saturated rings. The molecular formula is C13H22O2. The van der Waals surface area contributed by atoms with Gasteiger partial charge in [0.05, 0.1) is 6.10 Å². The van der Waals surface area contributed by atoms with Gasteiger partial charge in [-0.15, -0.1) is 0 Å². The summed E-state index contributed by atoms with van der Waals surface area (Å²) in [6.07, 6.45) is 9.54. The third-order valence-corrected chi connectivity index (χ3v) is 3.81. The molecule has 86 valence electrons. The molecule has 1 aliphatic carbocycles. The van der Waals surface area contributed by atoms with Crippen LogP contribution in [-0.2, 0) is 9.53 Å². The minimum Gasteiger partial charge on any atom is -0.367 e. The van der Waals surface area contributed by atoms with Crippen LogP contribution in [0.4, 0.5) is 0 Å². The zero-order valence-electron chi connectivity index (χ0n) is 9.71. The zero-order valence-corrected chi connectivity index (χ0v) is 9.71. The molecule has 0 aromatic carbocycles. The molecule has 1 heterocycles. The van der Waals surface area contributed by atoms with E-state index in [4.69, 9.17) is 4.74 Å². The van der Waals surface area contributed by atoms with Gasteiger partial charge in [-0.05, 0) is 32.6 Å². The lowest BCUT2D eigenvalue weighted by atomic mass is 9.91. The van der Waals surface area contributed by atoms with Crippen molar-refractivity contribution in [2.75, 3.05) is 0 Å². The van der Waals surface area contributed by atoms with E-state index in [0.717, 1.165) is 25.7 Å². The van der Waals surface area contributed by atoms with Crippen molar-refractivity contribution < 1.29 is 9.53 Å². The van der Waals surface area contributed by atoms with Crippen LogP contribution in [0, 0.1) is 5.92 Å². The van der Waals surface area contributed by atoms with Crippen molar-refractivity contribution in [2.24, 2.45) is 5.92 Å². The normalized spacial score (nSPS) is 33.9. The van der Waals surface area contributed by atoms with E-state index in [0.29, 0.717) is 17.8 Å². The maximum Gasteiger partial charge on any atom is 0.164 e. The van der Waals surface area contributed by atoms with Crippen LogP contribution in [0.25, 0.3) is 0 Å². The molecule has 1 saturated carbocycles. The maximum absolute atomic E-state index is 12.2. The molecule has 0 radical (unpaired) electrons. The molecule has 2 atom stereocenters. The monoisotopic (exact) mass is 210 g/mol. The highest BCUT2D eigenvalue weighted by molar-refractivity contribution is 5.85. The van der Waals surface area contributed by atoms with Crippen LogP contribution in [0.2, 0.25) is 0 Å². The Kier molecular flexibility index (Phi) is 3.79. The fraction of sp³-hybridized carbons (Fsp3) is 0.923. The van der Waals surface area contributed by atoms with Crippen molar-refractivity contribution in [2.45, 2.75) is 70.5 Å². The van der Waals surface area contributed by atoms with Crippen molar-refractivity contribution in [3.63, 3.8) is 0 Å². The van der Waals surface area contributed by atoms with Crippen molar-refractivity contribution in [1.29, 1.82) is 0 Å². The third kappa shape index (κ3) is 2.81. The van der Waals surface area contributed by atoms with Gasteiger partial charge in [0.25, 0.3) is 0 Å². The summed E-state index contributed by atoms with van der Waals surface area (Å²) < 4.78 is 5.67. The second-order valence-electron chi connectivity index (χ2n) is 5.10. The maximum atomic E-state index is 12.2. The van der Waals surface area contributed by atoms with Crippen LogP contribution < -0.4 is 0 Å². The van der Waals surface area contributed by atoms with Crippen LogP contribution in [0.15, 0.2) is 0 Å². The Morgan fingerprint density at radius 2 is 1.67 bits per heavy atom. The first-order valence-electron chi connectivity index (χ1n) is 6.46. The predicted molar refractivity (Wildman–Crippen MR) is 59.8 cm³/mol. The summed E-state index contributed by atoms with van der Waals surface area (Å²) in [5.41, 5.74) is 0. The molecule has 0 N–H and O–H groups in total. The number of carbonyl (C=O) groups is 1. The van der Waals surface area contributed by atoms with E-state index in [-0.39, 0.29) is 6.10 Å². The van der Waals surface area contributed by atoms with Crippen molar-refractivity contribution in [1.82, 2.24) is 0 Å². The zero-order chi connectivity index (χ0) is 10.7. The minimum absolute atomic E-state index is 0.0666. The van der Waals surface area contributed by atoms with Crippen molar-refractivity contribution in [3.05, 3.63) is 0 Å². The Bertz CT molecular complexity index is 217. The van der Waals surface area contributed by atoms with Gasteiger partial charge in [-0.2, -0.15) is 0 Å². The number of rotatable bonds is 2. The summed E-state index contributed by atoms with van der Waals surface area (Å²) in [5.74, 6) is 0.712. The number of carbonyl (C=O) groups excluding carboxylic acids is 1. The van der Waals surface area contributed by atoms with Crippen LogP contribution >= 0.6 is 0 Å². The minimum atomic E-state index is -0.0666. The average Bonchev–Trinajstić information content (AvgIpc) is 2.53. The molecule has 1 aliphatic heterocycles. The van der Waals surface area contributed by atoms with Gasteiger partial charge in [-0.3, -0.25) is 4.79 Å². The highest BCUT2D eigenvalue weighted by Crippen LogP contribution is 2.29. The molecule has 0 spiro atoms. The Morgan fingerprint density at radius 1 is 1.00 bits per heavy atom. The summed E-state index contributed by atoms with van der Waals surface area (Å²) >= 11 is 0. The van der Waals surface area contributed by atoms with E-state index in [1.54, 1.807) is 0 Å². The van der Waals surface area contributed by atoms with E-state index in [2.05, 4.69) is 6.92 Å². The van der Waals surface area contributed by atoms with E-state index in [1.807, 2.05) is 0 Å². The number of Topliss-reactive ketones (excluding diaryl/α,β-unsaturated/α-hetero) is 1. The molecule has 2 aliphatic rings. The molecule has 0 bridgehead atoms. The van der Waals surface area contributed by atoms with Gasteiger partial charge >= 0.3 is 0 Å². The smallest absolute Gasteiger partial charge is 0.164 e. The van der Waals surface area contributed by atoms with Gasteiger partial charge in [-0.1, -0.05) is 25.7 Å². The molecular weight excluding hydrogens is 188 g/mol. The summed E-state index contributed by atoms with van der Waals surface area (Å²) in [7, 11) is 0. The Hall–Kier alpha value is -0.370. The van der Waals surface area contributed by atoms with Crippen LogP contribution in [-0.4, -0.2) is 18.0 Å². The van der Waals surface area contributed by atoms with E-state index < -0.39 is 0 Å². The van der Waals surface area contributed by atoms with Crippen LogP contribution in [0.3, 0.4) is 0 Å². The topological polar surface area (TPSA) is 26.3 Å². The van der Waals surface area contributed by atoms with Gasteiger partial charge in [0, 0.05) is 5.92 Å². The number of hydrogen-bond donors (Lipinski definition) is 0. The lowest BCUT2D eigenvalue weighted by Crippen LogP contribution is -2.28. The highest BCUT2D eigenvalue weighted by Gasteiger charge is 2.32. The standard InChI is InChI=1S/C13H22O2/c1-10-8-9-12(15-10)13(14)11-6-4-2-3-5-7-11/h10-12H,2-9H2,1H3. The summed E-state index contributed by atoms with van der Waals surface area (Å²) in [4.78, 5) is 12.2. The van der Waals surface area contributed by atoms with Gasteiger partial charge in [0.1, 0.15) is 6.10 Å². The fourth-order valence-corrected chi connectivity index (χ4v) is 2.84. The Labute approximate surface area is 92.4 Å². The Morgan fingerprint density at radius 3 is 2.20 bits per heavy atom. The number of ketones is 1. The largest absolute Gasteiger partial charge is 0.367 e. The first-order chi connectivity index (χ1) is 7.27. The van der Waals surface area contributed by atoms with Crippen molar-refractivity contribution in [3.8, 4) is 0 Å². The fourth-order valence-electron chi connectivity index (χ4n) is 2.84. The average molecular weight is 210 g/mol. The predicted octanol–water partition coefficient (Wildman–Crippen LogP) is 3.09. The van der Waals surface area contributed by atoms with Gasteiger partial charge in [0.15, 0.2) is 5.78 Å². The molecule has 0 aromatic rings. The van der Waals surface area contributed by atoms with Crippen molar-refractivity contribution >= 4 is 5.78 Å². The molecule has 0 amide bonds. The lowest BCUT2D eigenvalue weighted by Gasteiger charge is -2.17. The second kappa shape index (κ2) is 5.11. The molecule has 0 aromatic heterocycles. The van der Waals surface area contributed by atoms with E-state index in [9.17, 15) is 4.79 Å². The number of hydrogen-bond acceptors (Lipinski definition) is 2. The highest BCUT2D eigenvalue weighted by atomic mass is 16.5. The molecule has 1 saturated heterocycles. The Balaban J connectivity index is 1.88. The SMILES string of the molecule is CC1CCC(C(=O)C2CCCCCC2)O1. The number of ether oxygens (including phenoxy) is 1. The summed E-state index contributed by atoms with van der Waals surface area (Å²) in [6, 6.07) is 0. The van der Waals surface area contributed by atoms with Gasteiger partial charge < -0.3 is 4.74 Å². The van der Waals surface area contributed by atoms with Crippen LogP contribution in [0.5, 0.6) is 0 Å².